The van der Waals surface area contributed by atoms with Gasteiger partial charge in [-0.3, -0.25) is 0 Å². The molecular weight excluding hydrogens is 897 g/mol. The van der Waals surface area contributed by atoms with Gasteiger partial charge in [-0.1, -0.05) is 139 Å². The predicted octanol–water partition coefficient (Wildman–Crippen LogP) is 17.6. The van der Waals surface area contributed by atoms with Crippen molar-refractivity contribution in [2.75, 3.05) is 0 Å². The summed E-state index contributed by atoms with van der Waals surface area (Å²) in [6.07, 6.45) is 0. The maximum atomic E-state index is 11.5. The highest BCUT2D eigenvalue weighted by molar-refractivity contribution is 6.31. The third kappa shape index (κ3) is 4.48. The van der Waals surface area contributed by atoms with Crippen LogP contribution < -0.4 is 0 Å². The lowest BCUT2D eigenvalue weighted by Crippen LogP contribution is -2.29. The molecule has 4 nitrogen and oxygen atoms in total. The van der Waals surface area contributed by atoms with Gasteiger partial charge in [0.2, 0.25) is 0 Å². The van der Waals surface area contributed by atoms with Gasteiger partial charge in [0.05, 0.1) is 45.8 Å². The van der Waals surface area contributed by atoms with E-state index in [4.69, 9.17) is 6.57 Å². The minimum Gasteiger partial charge on any atom is -0.309 e. The number of hydrogen-bond acceptors (Lipinski definition) is 1. The number of fused-ring (bicyclic) bond motifs is 12. The second-order valence-corrected chi connectivity index (χ2v) is 24.4. The number of nitriles is 1. The normalized spacial score (nSPS) is 18.2. The molecular formula is C70H50N4. The molecule has 0 aliphatic heterocycles. The van der Waals surface area contributed by atoms with Crippen LogP contribution in [0, 0.1) is 31.8 Å². The summed E-state index contributed by atoms with van der Waals surface area (Å²) in [6, 6.07) is 53.9. The van der Waals surface area contributed by atoms with E-state index < -0.39 is 0 Å². The molecule has 4 heteroatoms. The van der Waals surface area contributed by atoms with Gasteiger partial charge in [-0.05, 0) is 150 Å². The minimum absolute atomic E-state index is 0.00541. The summed E-state index contributed by atoms with van der Waals surface area (Å²) < 4.78 is 5.14. The standard InChI is InChI=1S/C70H50N4/c1-33-51(32-71)58-54-37-18-10-12-20-39(37)55(40-21-13-11-19-38(40)54)61(58)59-49-28-35(69(3,4)5)26-47-45-31-53-46(30-52(45)73(65(33)59)67(47)49)48-27-36(70(6,7)8)29-50-60-62-56-41-22-14-16-24-43(41)57(44-25-17-15-23-42(44)56)63(62)64(72-9)34(2)66(60)74(53)68(48)50/h10-31,54-57H,1-8H3. The molecule has 0 unspecified atom stereocenters. The Morgan fingerprint density at radius 1 is 0.432 bits per heavy atom. The van der Waals surface area contributed by atoms with E-state index in [0.29, 0.717) is 0 Å². The SMILES string of the molecule is [C-]#[N+]c1c2c(c3c4cc(C(C)(C)C)cc5c6cc7c(cc6n(c3c1C)c54)c1cc(C(C)(C)C)cc3c4c5c(c(C#N)c(C)c4n7c13)C1c3ccccc3C5c3ccccc31)C1c3ccccc3C2c2ccccc21. The number of hydrogen-bond donors (Lipinski definition) is 0. The van der Waals surface area contributed by atoms with Crippen LogP contribution in [0.25, 0.3) is 81.0 Å². The molecule has 19 rings (SSSR count). The largest absolute Gasteiger partial charge is 0.309 e. The summed E-state index contributed by atoms with van der Waals surface area (Å²) in [7, 11) is 0. The summed E-state index contributed by atoms with van der Waals surface area (Å²) in [5.41, 5.74) is 29.0. The van der Waals surface area contributed by atoms with E-state index in [9.17, 15) is 5.26 Å². The third-order valence-corrected chi connectivity index (χ3v) is 19.0. The van der Waals surface area contributed by atoms with Crippen molar-refractivity contribution in [3.8, 4) is 6.07 Å². The Kier molecular flexibility index (Phi) is 7.22. The van der Waals surface area contributed by atoms with Crippen LogP contribution in [0.5, 0.6) is 0 Å². The highest BCUT2D eigenvalue weighted by Gasteiger charge is 2.47. The van der Waals surface area contributed by atoms with Crippen molar-refractivity contribution in [2.45, 2.75) is 89.9 Å². The minimum atomic E-state index is -0.135. The quantitative estimate of drug-likeness (QED) is 0.140. The van der Waals surface area contributed by atoms with Gasteiger partial charge in [0, 0.05) is 72.3 Å². The average molecular weight is 947 g/mol. The number of aryl methyl sites for hydroxylation is 2. The highest BCUT2D eigenvalue weighted by Crippen LogP contribution is 2.64. The van der Waals surface area contributed by atoms with Gasteiger partial charge in [0.15, 0.2) is 5.69 Å². The van der Waals surface area contributed by atoms with Gasteiger partial charge in [0.1, 0.15) is 0 Å². The second-order valence-electron chi connectivity index (χ2n) is 24.4. The number of nitrogens with zero attached hydrogens (tertiary/aromatic N) is 4. The second kappa shape index (κ2) is 13.0. The first kappa shape index (κ1) is 41.1. The lowest BCUT2D eigenvalue weighted by Gasteiger charge is -2.43. The van der Waals surface area contributed by atoms with Crippen LogP contribution in [-0.4, -0.2) is 8.80 Å². The number of aromatic nitrogens is 2. The van der Waals surface area contributed by atoms with Crippen LogP contribution in [0.15, 0.2) is 133 Å². The molecule has 0 spiro atoms. The summed E-state index contributed by atoms with van der Waals surface area (Å²) in [5, 5.41) is 21.6. The van der Waals surface area contributed by atoms with Crippen molar-refractivity contribution < 1.29 is 0 Å². The monoisotopic (exact) mass is 946 g/mol. The van der Waals surface area contributed by atoms with Gasteiger partial charge in [-0.25, -0.2) is 4.85 Å². The molecule has 4 aromatic heterocycles. The van der Waals surface area contributed by atoms with Crippen molar-refractivity contribution in [1.82, 2.24) is 8.80 Å². The van der Waals surface area contributed by atoms with E-state index in [0.717, 1.165) is 33.4 Å². The fourth-order valence-corrected chi connectivity index (χ4v) is 15.9. The van der Waals surface area contributed by atoms with Gasteiger partial charge >= 0.3 is 0 Å². The van der Waals surface area contributed by atoms with Crippen LogP contribution in [0.4, 0.5) is 5.69 Å². The van der Waals surface area contributed by atoms with Crippen LogP contribution in [-0.2, 0) is 10.8 Å². The summed E-state index contributed by atoms with van der Waals surface area (Å²) in [4.78, 5) is 4.54. The molecule has 74 heavy (non-hydrogen) atoms. The Balaban J connectivity index is 1.06. The molecule has 4 bridgehead atoms. The number of benzene rings is 9. The van der Waals surface area contributed by atoms with Crippen LogP contribution in [0.2, 0.25) is 0 Å². The van der Waals surface area contributed by atoms with E-state index in [2.05, 4.69) is 209 Å². The fraction of sp³-hybridized carbons (Fsp3) is 0.200. The van der Waals surface area contributed by atoms with Gasteiger partial charge in [0.25, 0.3) is 0 Å². The molecule has 6 aliphatic rings. The maximum absolute atomic E-state index is 11.5. The van der Waals surface area contributed by atoms with Crippen molar-refractivity contribution in [1.29, 1.82) is 5.26 Å². The summed E-state index contributed by atoms with van der Waals surface area (Å²) in [6.45, 7) is 27.5. The fourth-order valence-electron chi connectivity index (χ4n) is 15.9. The average Bonchev–Trinajstić information content (AvgIpc) is 4.15. The van der Waals surface area contributed by atoms with Crippen molar-refractivity contribution in [3.63, 3.8) is 0 Å². The highest BCUT2D eigenvalue weighted by atomic mass is 14.9. The topological polar surface area (TPSA) is 37.0 Å². The first-order chi connectivity index (χ1) is 35.8. The van der Waals surface area contributed by atoms with E-state index in [-0.39, 0.29) is 34.5 Å². The molecule has 350 valence electrons. The molecule has 0 atom stereocenters. The molecule has 9 aromatic carbocycles. The smallest absolute Gasteiger partial charge is 0.196 e. The van der Waals surface area contributed by atoms with E-state index in [1.165, 1.54) is 143 Å². The predicted molar refractivity (Wildman–Crippen MR) is 303 cm³/mol. The lowest BCUT2D eigenvalue weighted by atomic mass is 9.59. The summed E-state index contributed by atoms with van der Waals surface area (Å²) >= 11 is 0. The molecule has 4 heterocycles. The van der Waals surface area contributed by atoms with Crippen molar-refractivity contribution >= 4 is 81.9 Å². The Morgan fingerprint density at radius 3 is 1.14 bits per heavy atom. The first-order valence-electron chi connectivity index (χ1n) is 26.5. The Labute approximate surface area is 429 Å². The van der Waals surface area contributed by atoms with E-state index in [1.807, 2.05) is 0 Å². The van der Waals surface area contributed by atoms with Gasteiger partial charge < -0.3 is 8.80 Å². The van der Waals surface area contributed by atoms with E-state index >= 15 is 0 Å². The molecule has 0 fully saturated rings. The molecule has 0 radical (unpaired) electrons. The zero-order valence-corrected chi connectivity index (χ0v) is 42.8. The van der Waals surface area contributed by atoms with Crippen LogP contribution >= 0.6 is 0 Å². The third-order valence-electron chi connectivity index (χ3n) is 19.0. The van der Waals surface area contributed by atoms with E-state index in [1.54, 1.807) is 0 Å². The van der Waals surface area contributed by atoms with Crippen LogP contribution in [0.1, 0.15) is 160 Å². The summed E-state index contributed by atoms with van der Waals surface area (Å²) in [5.74, 6) is 0.00914. The molecule has 0 N–H and O–H groups in total. The lowest BCUT2D eigenvalue weighted by molar-refractivity contribution is 0.591. The molecule has 0 saturated heterocycles. The first-order valence-corrected chi connectivity index (χ1v) is 26.5. The molecule has 0 amide bonds. The molecule has 0 saturated carbocycles. The number of rotatable bonds is 0. The Morgan fingerprint density at radius 2 is 0.770 bits per heavy atom. The zero-order valence-electron chi connectivity index (χ0n) is 42.8. The molecule has 6 aliphatic carbocycles. The van der Waals surface area contributed by atoms with Crippen molar-refractivity contribution in [3.05, 3.63) is 239 Å². The maximum Gasteiger partial charge on any atom is 0.196 e. The Bertz CT molecular complexity index is 4520. The Hall–Kier alpha value is -8.44. The van der Waals surface area contributed by atoms with Gasteiger partial charge in [-0.2, -0.15) is 5.26 Å². The van der Waals surface area contributed by atoms with Crippen LogP contribution in [0.3, 0.4) is 0 Å². The van der Waals surface area contributed by atoms with Crippen molar-refractivity contribution in [2.24, 2.45) is 0 Å². The zero-order chi connectivity index (χ0) is 49.9. The van der Waals surface area contributed by atoms with Gasteiger partial charge in [-0.15, -0.1) is 0 Å². The molecule has 13 aromatic rings.